The monoisotopic (exact) mass is 337 g/mol. The van der Waals surface area contributed by atoms with Gasteiger partial charge in [-0.3, -0.25) is 0 Å². The van der Waals surface area contributed by atoms with Gasteiger partial charge < -0.3 is 19.4 Å². The average Bonchev–Trinajstić information content (AvgIpc) is 3.01. The van der Waals surface area contributed by atoms with E-state index in [-0.39, 0.29) is 0 Å². The lowest BCUT2D eigenvalue weighted by molar-refractivity contribution is 0.354. The number of aromatic nitrogens is 2. The lowest BCUT2D eigenvalue weighted by Crippen LogP contribution is -2.06. The summed E-state index contributed by atoms with van der Waals surface area (Å²) in [6, 6.07) is 14.3. The number of anilines is 1. The van der Waals surface area contributed by atoms with Gasteiger partial charge in [0.25, 0.3) is 0 Å². The quantitative estimate of drug-likeness (QED) is 0.738. The standard InChI is InChI=1S/C20H23N3O2/c1-14-5-8-16(9-6-14)17-13-22-20(23(17)2)21-12-15-7-10-18(24-3)19(11-15)25-4/h5-11,13H,12H2,1-4H3,(H,21,22). The van der Waals surface area contributed by atoms with Crippen LogP contribution in [0.15, 0.2) is 48.7 Å². The molecule has 0 amide bonds. The first-order valence-corrected chi connectivity index (χ1v) is 8.16. The van der Waals surface area contributed by atoms with Crippen molar-refractivity contribution in [3.63, 3.8) is 0 Å². The number of ether oxygens (including phenoxy) is 2. The van der Waals surface area contributed by atoms with Crippen molar-refractivity contribution in [2.75, 3.05) is 19.5 Å². The van der Waals surface area contributed by atoms with E-state index in [1.807, 2.05) is 31.4 Å². The van der Waals surface area contributed by atoms with Gasteiger partial charge in [-0.1, -0.05) is 35.9 Å². The molecule has 0 aliphatic carbocycles. The van der Waals surface area contributed by atoms with Crippen LogP contribution < -0.4 is 14.8 Å². The van der Waals surface area contributed by atoms with E-state index in [1.54, 1.807) is 14.2 Å². The van der Waals surface area contributed by atoms with Crippen LogP contribution in [-0.4, -0.2) is 23.8 Å². The van der Waals surface area contributed by atoms with Crippen LogP contribution in [0.4, 0.5) is 5.95 Å². The Morgan fingerprint density at radius 3 is 2.40 bits per heavy atom. The van der Waals surface area contributed by atoms with E-state index in [0.29, 0.717) is 6.54 Å². The summed E-state index contributed by atoms with van der Waals surface area (Å²) >= 11 is 0. The molecule has 130 valence electrons. The van der Waals surface area contributed by atoms with E-state index in [2.05, 4.69) is 46.1 Å². The van der Waals surface area contributed by atoms with Crippen molar-refractivity contribution in [1.29, 1.82) is 0 Å². The first-order valence-electron chi connectivity index (χ1n) is 8.16. The van der Waals surface area contributed by atoms with Crippen LogP contribution in [0.1, 0.15) is 11.1 Å². The number of hydrogen-bond acceptors (Lipinski definition) is 4. The zero-order valence-electron chi connectivity index (χ0n) is 15.0. The summed E-state index contributed by atoms with van der Waals surface area (Å²) in [6.07, 6.45) is 1.89. The molecule has 0 radical (unpaired) electrons. The molecule has 0 aliphatic heterocycles. The van der Waals surface area contributed by atoms with E-state index in [9.17, 15) is 0 Å². The molecule has 3 rings (SSSR count). The van der Waals surface area contributed by atoms with Crippen molar-refractivity contribution in [2.24, 2.45) is 7.05 Å². The minimum atomic E-state index is 0.651. The molecule has 0 unspecified atom stereocenters. The molecule has 0 aliphatic rings. The van der Waals surface area contributed by atoms with Gasteiger partial charge in [0.05, 0.1) is 26.1 Å². The molecule has 1 aromatic heterocycles. The van der Waals surface area contributed by atoms with Gasteiger partial charge in [0.15, 0.2) is 11.5 Å². The van der Waals surface area contributed by atoms with Gasteiger partial charge in [-0.2, -0.15) is 0 Å². The smallest absolute Gasteiger partial charge is 0.203 e. The molecule has 25 heavy (non-hydrogen) atoms. The Morgan fingerprint density at radius 1 is 1.00 bits per heavy atom. The average molecular weight is 337 g/mol. The number of imidazole rings is 1. The fraction of sp³-hybridized carbons (Fsp3) is 0.250. The maximum Gasteiger partial charge on any atom is 0.203 e. The van der Waals surface area contributed by atoms with Crippen LogP contribution in [0, 0.1) is 6.92 Å². The Bertz CT molecular complexity index is 854. The van der Waals surface area contributed by atoms with Crippen molar-refractivity contribution in [3.05, 3.63) is 59.8 Å². The van der Waals surface area contributed by atoms with Crippen molar-refractivity contribution in [2.45, 2.75) is 13.5 Å². The highest BCUT2D eigenvalue weighted by atomic mass is 16.5. The lowest BCUT2D eigenvalue weighted by atomic mass is 10.1. The van der Waals surface area contributed by atoms with Crippen LogP contribution in [0.5, 0.6) is 11.5 Å². The zero-order chi connectivity index (χ0) is 17.8. The van der Waals surface area contributed by atoms with Gasteiger partial charge in [0, 0.05) is 13.6 Å². The Kier molecular flexibility index (Phi) is 4.93. The molecule has 1 heterocycles. The van der Waals surface area contributed by atoms with Crippen LogP contribution >= 0.6 is 0 Å². The first kappa shape index (κ1) is 16.9. The third-order valence-electron chi connectivity index (χ3n) is 4.23. The highest BCUT2D eigenvalue weighted by Gasteiger charge is 2.09. The lowest BCUT2D eigenvalue weighted by Gasteiger charge is -2.11. The number of rotatable bonds is 6. The Morgan fingerprint density at radius 2 is 1.72 bits per heavy atom. The van der Waals surface area contributed by atoms with Crippen molar-refractivity contribution >= 4 is 5.95 Å². The molecule has 0 spiro atoms. The minimum Gasteiger partial charge on any atom is -0.493 e. The first-order chi connectivity index (χ1) is 12.1. The van der Waals surface area contributed by atoms with Crippen molar-refractivity contribution in [1.82, 2.24) is 9.55 Å². The summed E-state index contributed by atoms with van der Waals surface area (Å²) in [6.45, 7) is 2.74. The second kappa shape index (κ2) is 7.30. The third kappa shape index (κ3) is 3.60. The number of benzene rings is 2. The van der Waals surface area contributed by atoms with Crippen LogP contribution in [-0.2, 0) is 13.6 Å². The van der Waals surface area contributed by atoms with E-state index >= 15 is 0 Å². The second-order valence-corrected chi connectivity index (χ2v) is 5.93. The second-order valence-electron chi connectivity index (χ2n) is 5.93. The molecular formula is C20H23N3O2. The number of nitrogens with one attached hydrogen (secondary N) is 1. The van der Waals surface area contributed by atoms with Crippen LogP contribution in [0.2, 0.25) is 0 Å². The summed E-state index contributed by atoms with van der Waals surface area (Å²) in [4.78, 5) is 4.50. The Balaban J connectivity index is 1.75. The predicted octanol–water partition coefficient (Wildman–Crippen LogP) is 4.02. The summed E-state index contributed by atoms with van der Waals surface area (Å²) in [5.74, 6) is 2.28. The van der Waals surface area contributed by atoms with Gasteiger partial charge in [0.1, 0.15) is 0 Å². The van der Waals surface area contributed by atoms with Crippen LogP contribution in [0.3, 0.4) is 0 Å². The zero-order valence-corrected chi connectivity index (χ0v) is 15.0. The SMILES string of the molecule is COc1ccc(CNc2ncc(-c3ccc(C)cc3)n2C)cc1OC. The van der Waals surface area contributed by atoms with E-state index < -0.39 is 0 Å². The number of nitrogens with zero attached hydrogens (tertiary/aromatic N) is 2. The Hall–Kier alpha value is -2.95. The number of hydrogen-bond donors (Lipinski definition) is 1. The normalized spacial score (nSPS) is 10.6. The van der Waals surface area contributed by atoms with E-state index in [4.69, 9.17) is 9.47 Å². The molecule has 1 N–H and O–H groups in total. The molecule has 3 aromatic rings. The van der Waals surface area contributed by atoms with Gasteiger partial charge in [-0.25, -0.2) is 4.98 Å². The molecule has 5 heteroatoms. The largest absolute Gasteiger partial charge is 0.493 e. The van der Waals surface area contributed by atoms with Gasteiger partial charge in [-0.05, 0) is 30.2 Å². The maximum atomic E-state index is 5.35. The van der Waals surface area contributed by atoms with E-state index in [1.165, 1.54) is 5.56 Å². The Labute approximate surface area is 148 Å². The fourth-order valence-corrected chi connectivity index (χ4v) is 2.74. The van der Waals surface area contributed by atoms with Crippen LogP contribution in [0.25, 0.3) is 11.3 Å². The number of aryl methyl sites for hydroxylation is 1. The maximum absolute atomic E-state index is 5.35. The van der Waals surface area contributed by atoms with Gasteiger partial charge >= 0.3 is 0 Å². The fourth-order valence-electron chi connectivity index (χ4n) is 2.74. The molecule has 0 bridgehead atoms. The molecular weight excluding hydrogens is 314 g/mol. The minimum absolute atomic E-state index is 0.651. The molecule has 0 saturated carbocycles. The summed E-state index contributed by atoms with van der Waals surface area (Å²) < 4.78 is 12.7. The predicted molar refractivity (Wildman–Crippen MR) is 100 cm³/mol. The third-order valence-corrected chi connectivity index (χ3v) is 4.23. The highest BCUT2D eigenvalue weighted by molar-refractivity contribution is 5.62. The van der Waals surface area contributed by atoms with E-state index in [0.717, 1.165) is 34.3 Å². The molecule has 0 atom stereocenters. The summed E-state index contributed by atoms with van der Waals surface area (Å²) in [7, 11) is 5.29. The topological polar surface area (TPSA) is 48.3 Å². The van der Waals surface area contributed by atoms with Crippen molar-refractivity contribution < 1.29 is 9.47 Å². The highest BCUT2D eigenvalue weighted by Crippen LogP contribution is 2.28. The van der Waals surface area contributed by atoms with Crippen molar-refractivity contribution in [3.8, 4) is 22.8 Å². The summed E-state index contributed by atoms with van der Waals surface area (Å²) in [5.41, 5.74) is 4.57. The van der Waals surface area contributed by atoms with Gasteiger partial charge in [-0.15, -0.1) is 0 Å². The summed E-state index contributed by atoms with van der Waals surface area (Å²) in [5, 5.41) is 3.38. The molecule has 5 nitrogen and oxygen atoms in total. The molecule has 2 aromatic carbocycles. The molecule has 0 fully saturated rings. The van der Waals surface area contributed by atoms with Gasteiger partial charge in [0.2, 0.25) is 5.95 Å². The molecule has 0 saturated heterocycles. The number of methoxy groups -OCH3 is 2.